The van der Waals surface area contributed by atoms with E-state index in [0.717, 1.165) is 16.6 Å². The molecule has 0 amide bonds. The summed E-state index contributed by atoms with van der Waals surface area (Å²) in [6.45, 7) is 9.41. The third-order valence-corrected chi connectivity index (χ3v) is 4.36. The number of hydrogen-bond acceptors (Lipinski definition) is 3. The van der Waals surface area contributed by atoms with Crippen LogP contribution in [0.25, 0.3) is 0 Å². The van der Waals surface area contributed by atoms with Crippen molar-refractivity contribution >= 4 is 27.3 Å². The van der Waals surface area contributed by atoms with Crippen LogP contribution >= 0.6 is 27.3 Å². The number of nitrogens with two attached hydrogens (primary N) is 1. The Morgan fingerprint density at radius 2 is 2.40 bits per heavy atom. The van der Waals surface area contributed by atoms with Gasteiger partial charge in [-0.15, -0.1) is 11.3 Å². The fourth-order valence-electron chi connectivity index (χ4n) is 1.25. The molecule has 1 aromatic rings. The second-order valence-electron chi connectivity index (χ2n) is 3.68. The zero-order chi connectivity index (χ0) is 11.4. The Bertz CT molecular complexity index is 327. The van der Waals surface area contributed by atoms with Gasteiger partial charge in [0.05, 0.1) is 6.04 Å². The number of nitrogens with one attached hydrogen (secondary N) is 1. The van der Waals surface area contributed by atoms with Crippen LogP contribution in [0.1, 0.15) is 22.7 Å². The molecule has 0 aliphatic rings. The molecule has 1 heterocycles. The fourth-order valence-corrected chi connectivity index (χ4v) is 2.90. The average Bonchev–Trinajstić information content (AvgIpc) is 2.47. The molecule has 0 fully saturated rings. The molecule has 0 aliphatic carbocycles. The normalized spacial score (nSPS) is 12.8. The summed E-state index contributed by atoms with van der Waals surface area (Å²) in [5.41, 5.74) is 6.88. The van der Waals surface area contributed by atoms with Crippen molar-refractivity contribution in [3.63, 3.8) is 0 Å². The van der Waals surface area contributed by atoms with Crippen molar-refractivity contribution in [3.05, 3.63) is 32.4 Å². The van der Waals surface area contributed by atoms with Crippen LogP contribution in [0, 0.1) is 6.92 Å². The van der Waals surface area contributed by atoms with Crippen LogP contribution in [0.15, 0.2) is 22.7 Å². The van der Waals surface area contributed by atoms with Gasteiger partial charge in [-0.2, -0.15) is 0 Å². The summed E-state index contributed by atoms with van der Waals surface area (Å²) < 4.78 is 1.16. The predicted molar refractivity (Wildman–Crippen MR) is 71.4 cm³/mol. The SMILES string of the molecule is C=C(C)CNC(CN)c1cc(Br)c(C)s1. The molecule has 1 aromatic heterocycles. The van der Waals surface area contributed by atoms with Crippen molar-refractivity contribution in [1.29, 1.82) is 0 Å². The summed E-state index contributed by atoms with van der Waals surface area (Å²) in [5.74, 6) is 0. The van der Waals surface area contributed by atoms with Crippen LogP contribution < -0.4 is 11.1 Å². The monoisotopic (exact) mass is 288 g/mol. The molecular weight excluding hydrogens is 272 g/mol. The Labute approximate surface area is 104 Å². The minimum absolute atomic E-state index is 0.233. The molecule has 1 rings (SSSR count). The number of hydrogen-bond donors (Lipinski definition) is 2. The van der Waals surface area contributed by atoms with Gasteiger partial charge in [0.15, 0.2) is 0 Å². The summed E-state index contributed by atoms with van der Waals surface area (Å²) in [5, 5.41) is 3.39. The molecule has 3 N–H and O–H groups in total. The lowest BCUT2D eigenvalue weighted by Gasteiger charge is -2.14. The Kier molecular flexibility index (Phi) is 4.99. The Hall–Kier alpha value is -0.160. The van der Waals surface area contributed by atoms with Gasteiger partial charge in [0, 0.05) is 27.3 Å². The van der Waals surface area contributed by atoms with Gasteiger partial charge in [-0.25, -0.2) is 0 Å². The molecule has 0 aromatic carbocycles. The third-order valence-electron chi connectivity index (χ3n) is 2.11. The topological polar surface area (TPSA) is 38.0 Å². The van der Waals surface area contributed by atoms with E-state index in [1.807, 2.05) is 6.92 Å². The average molecular weight is 289 g/mol. The molecule has 2 nitrogen and oxygen atoms in total. The zero-order valence-electron chi connectivity index (χ0n) is 9.14. The number of aryl methyl sites for hydroxylation is 1. The van der Waals surface area contributed by atoms with Crippen molar-refractivity contribution in [2.75, 3.05) is 13.1 Å². The van der Waals surface area contributed by atoms with Gasteiger partial charge >= 0.3 is 0 Å². The van der Waals surface area contributed by atoms with Gasteiger partial charge in [-0.05, 0) is 35.8 Å². The fraction of sp³-hybridized carbons (Fsp3) is 0.455. The lowest BCUT2D eigenvalue weighted by atomic mass is 10.2. The first-order valence-corrected chi connectivity index (χ1v) is 6.49. The first-order valence-electron chi connectivity index (χ1n) is 4.88. The molecule has 0 radical (unpaired) electrons. The smallest absolute Gasteiger partial charge is 0.0542 e. The van der Waals surface area contributed by atoms with E-state index in [-0.39, 0.29) is 6.04 Å². The third kappa shape index (κ3) is 3.72. The van der Waals surface area contributed by atoms with Gasteiger partial charge in [0.2, 0.25) is 0 Å². The van der Waals surface area contributed by atoms with E-state index in [9.17, 15) is 0 Å². The highest BCUT2D eigenvalue weighted by molar-refractivity contribution is 9.10. The van der Waals surface area contributed by atoms with Crippen LogP contribution in [0.5, 0.6) is 0 Å². The largest absolute Gasteiger partial charge is 0.329 e. The molecule has 0 spiro atoms. The predicted octanol–water partition coefficient (Wildman–Crippen LogP) is 2.98. The molecule has 0 bridgehead atoms. The molecule has 0 aliphatic heterocycles. The minimum atomic E-state index is 0.233. The maximum atomic E-state index is 5.75. The quantitative estimate of drug-likeness (QED) is 0.818. The highest BCUT2D eigenvalue weighted by Crippen LogP contribution is 2.30. The molecule has 0 saturated heterocycles. The van der Waals surface area contributed by atoms with E-state index in [1.54, 1.807) is 11.3 Å². The first-order chi connectivity index (χ1) is 7.04. The Balaban J connectivity index is 2.69. The van der Waals surface area contributed by atoms with Crippen LogP contribution in [-0.4, -0.2) is 13.1 Å². The molecule has 4 heteroatoms. The molecule has 0 saturated carbocycles. The molecule has 84 valence electrons. The van der Waals surface area contributed by atoms with E-state index >= 15 is 0 Å². The summed E-state index contributed by atoms with van der Waals surface area (Å²) in [6, 6.07) is 2.37. The Morgan fingerprint density at radius 1 is 1.73 bits per heavy atom. The summed E-state index contributed by atoms with van der Waals surface area (Å²) >= 11 is 5.30. The standard InChI is InChI=1S/C11H17BrN2S/c1-7(2)6-14-10(5-13)11-4-9(12)8(3)15-11/h4,10,14H,1,5-6,13H2,2-3H3. The van der Waals surface area contributed by atoms with E-state index in [4.69, 9.17) is 5.73 Å². The Morgan fingerprint density at radius 3 is 2.80 bits per heavy atom. The zero-order valence-corrected chi connectivity index (χ0v) is 11.5. The van der Waals surface area contributed by atoms with Gasteiger partial charge < -0.3 is 11.1 Å². The second kappa shape index (κ2) is 5.80. The van der Waals surface area contributed by atoms with Crippen LogP contribution in [0.2, 0.25) is 0 Å². The van der Waals surface area contributed by atoms with Gasteiger partial charge in [0.1, 0.15) is 0 Å². The molecule has 1 unspecified atom stereocenters. The molecular formula is C11H17BrN2S. The van der Waals surface area contributed by atoms with Crippen molar-refractivity contribution in [3.8, 4) is 0 Å². The van der Waals surface area contributed by atoms with Crippen LogP contribution in [-0.2, 0) is 0 Å². The maximum absolute atomic E-state index is 5.75. The number of rotatable bonds is 5. The lowest BCUT2D eigenvalue weighted by Crippen LogP contribution is -2.28. The van der Waals surface area contributed by atoms with E-state index in [2.05, 4.69) is 40.8 Å². The lowest BCUT2D eigenvalue weighted by molar-refractivity contribution is 0.578. The van der Waals surface area contributed by atoms with Crippen LogP contribution in [0.3, 0.4) is 0 Å². The van der Waals surface area contributed by atoms with Gasteiger partial charge in [-0.3, -0.25) is 0 Å². The number of thiophene rings is 1. The van der Waals surface area contributed by atoms with Crippen molar-refractivity contribution in [2.45, 2.75) is 19.9 Å². The van der Waals surface area contributed by atoms with Crippen molar-refractivity contribution < 1.29 is 0 Å². The first kappa shape index (κ1) is 12.9. The maximum Gasteiger partial charge on any atom is 0.0542 e. The van der Waals surface area contributed by atoms with Crippen LogP contribution in [0.4, 0.5) is 0 Å². The highest BCUT2D eigenvalue weighted by Gasteiger charge is 2.12. The molecule has 1 atom stereocenters. The highest BCUT2D eigenvalue weighted by atomic mass is 79.9. The van der Waals surface area contributed by atoms with E-state index in [1.165, 1.54) is 9.75 Å². The van der Waals surface area contributed by atoms with Gasteiger partial charge in [-0.1, -0.05) is 12.2 Å². The summed E-state index contributed by atoms with van der Waals surface area (Å²) in [7, 11) is 0. The van der Waals surface area contributed by atoms with Gasteiger partial charge in [0.25, 0.3) is 0 Å². The minimum Gasteiger partial charge on any atom is -0.329 e. The summed E-state index contributed by atoms with van der Waals surface area (Å²) in [6.07, 6.45) is 0. The number of halogens is 1. The van der Waals surface area contributed by atoms with Crippen molar-refractivity contribution in [2.24, 2.45) is 5.73 Å². The molecule has 15 heavy (non-hydrogen) atoms. The summed E-state index contributed by atoms with van der Waals surface area (Å²) in [4.78, 5) is 2.57. The van der Waals surface area contributed by atoms with E-state index in [0.29, 0.717) is 6.54 Å². The van der Waals surface area contributed by atoms with E-state index < -0.39 is 0 Å². The van der Waals surface area contributed by atoms with Crippen molar-refractivity contribution in [1.82, 2.24) is 5.32 Å². The second-order valence-corrected chi connectivity index (χ2v) is 5.82.